The van der Waals surface area contributed by atoms with Crippen LogP contribution in [-0.4, -0.2) is 56.9 Å². The summed E-state index contributed by atoms with van der Waals surface area (Å²) >= 11 is 0. The summed E-state index contributed by atoms with van der Waals surface area (Å²) < 4.78 is 39.4. The third kappa shape index (κ3) is 3.01. The maximum atomic E-state index is 13.3. The fraction of sp³-hybridized carbons (Fsp3) is 0.571. The van der Waals surface area contributed by atoms with Gasteiger partial charge in [0.05, 0.1) is 6.85 Å². The summed E-state index contributed by atoms with van der Waals surface area (Å²) in [5.74, 6) is -1.62. The van der Waals surface area contributed by atoms with Crippen LogP contribution in [0.15, 0.2) is 30.2 Å². The molecule has 1 aliphatic carbocycles. The molecule has 144 valence electrons. The largest absolute Gasteiger partial charge is 0.480 e. The zero-order chi connectivity index (χ0) is 23.5. The normalized spacial score (nSPS) is 33.6. The van der Waals surface area contributed by atoms with Crippen LogP contribution in [0.3, 0.4) is 0 Å². The van der Waals surface area contributed by atoms with Gasteiger partial charge in [-0.25, -0.2) is 4.79 Å². The fourth-order valence-corrected chi connectivity index (χ4v) is 5.01. The van der Waals surface area contributed by atoms with E-state index in [0.717, 1.165) is 24.2 Å². The van der Waals surface area contributed by atoms with Gasteiger partial charge in [-0.05, 0) is 50.5 Å². The summed E-state index contributed by atoms with van der Waals surface area (Å²) in [5.41, 5.74) is 0.00251. The number of rotatable bonds is 5. The van der Waals surface area contributed by atoms with Gasteiger partial charge in [0.15, 0.2) is 0 Å². The highest BCUT2D eigenvalue weighted by Gasteiger charge is 2.56. The van der Waals surface area contributed by atoms with Crippen molar-refractivity contribution in [2.45, 2.75) is 69.6 Å². The SMILES string of the molecule is [2H]c1c([2H])c([2H])c(CC[C@H](C(=O)O)N2C(=O)[C@@H]3C[C@@H]4CCC[C@@H]4N3C(=O)[C@H]2C)c([2H])c1[2H]. The minimum Gasteiger partial charge on any atom is -0.480 e. The van der Waals surface area contributed by atoms with Crippen LogP contribution in [0.1, 0.15) is 51.4 Å². The molecule has 0 aromatic heterocycles. The fourth-order valence-electron chi connectivity index (χ4n) is 5.01. The van der Waals surface area contributed by atoms with E-state index in [9.17, 15) is 19.5 Å². The molecule has 1 saturated carbocycles. The van der Waals surface area contributed by atoms with Crippen molar-refractivity contribution in [3.8, 4) is 0 Å². The molecule has 2 aliphatic heterocycles. The Bertz CT molecular complexity index is 974. The van der Waals surface area contributed by atoms with Gasteiger partial charge in [0, 0.05) is 6.04 Å². The first kappa shape index (κ1) is 12.9. The third-order valence-electron chi connectivity index (χ3n) is 6.25. The molecular weight excluding hydrogens is 344 g/mol. The van der Waals surface area contributed by atoms with Crippen molar-refractivity contribution in [3.63, 3.8) is 0 Å². The number of fused-ring (bicyclic) bond motifs is 3. The first-order valence-corrected chi connectivity index (χ1v) is 9.49. The minimum atomic E-state index is -1.33. The second-order valence-corrected chi connectivity index (χ2v) is 7.67. The van der Waals surface area contributed by atoms with Crippen molar-refractivity contribution in [2.75, 3.05) is 0 Å². The van der Waals surface area contributed by atoms with Gasteiger partial charge in [-0.3, -0.25) is 9.59 Å². The number of hydrogen-bond acceptors (Lipinski definition) is 3. The number of piperazine rings is 1. The van der Waals surface area contributed by atoms with Crippen LogP contribution < -0.4 is 0 Å². The number of carbonyl (C=O) groups excluding carboxylic acids is 2. The highest BCUT2D eigenvalue weighted by Crippen LogP contribution is 2.44. The molecule has 3 aliphatic rings. The summed E-state index contributed by atoms with van der Waals surface area (Å²) in [7, 11) is 0. The molecule has 0 radical (unpaired) electrons. The zero-order valence-corrected chi connectivity index (χ0v) is 15.2. The van der Waals surface area contributed by atoms with E-state index in [-0.39, 0.29) is 54.3 Å². The zero-order valence-electron chi connectivity index (χ0n) is 20.2. The molecular formula is C21H26N2O4. The molecule has 4 rings (SSSR count). The molecule has 2 amide bonds. The van der Waals surface area contributed by atoms with E-state index in [1.165, 1.54) is 0 Å². The summed E-state index contributed by atoms with van der Waals surface area (Å²) in [6.07, 6.45) is 3.11. The Morgan fingerprint density at radius 2 is 2.00 bits per heavy atom. The van der Waals surface area contributed by atoms with Gasteiger partial charge in [0.25, 0.3) is 0 Å². The van der Waals surface area contributed by atoms with Crippen molar-refractivity contribution in [2.24, 2.45) is 5.92 Å². The Hall–Kier alpha value is -2.37. The van der Waals surface area contributed by atoms with Gasteiger partial charge in [-0.1, -0.05) is 36.6 Å². The van der Waals surface area contributed by atoms with Gasteiger partial charge in [0.2, 0.25) is 11.8 Å². The van der Waals surface area contributed by atoms with Crippen LogP contribution >= 0.6 is 0 Å². The van der Waals surface area contributed by atoms with Crippen LogP contribution in [0.2, 0.25) is 0 Å². The maximum Gasteiger partial charge on any atom is 0.326 e. The van der Waals surface area contributed by atoms with Gasteiger partial charge >= 0.3 is 5.97 Å². The molecule has 6 nitrogen and oxygen atoms in total. The maximum absolute atomic E-state index is 13.3. The molecule has 0 unspecified atom stereocenters. The molecule has 27 heavy (non-hydrogen) atoms. The number of benzene rings is 1. The van der Waals surface area contributed by atoms with Crippen molar-refractivity contribution in [1.29, 1.82) is 0 Å². The Morgan fingerprint density at radius 1 is 1.26 bits per heavy atom. The number of aliphatic carboxylic acids is 1. The number of hydrogen-bond donors (Lipinski definition) is 1. The summed E-state index contributed by atoms with van der Waals surface area (Å²) in [4.78, 5) is 41.5. The van der Waals surface area contributed by atoms with Crippen molar-refractivity contribution < 1.29 is 26.3 Å². The predicted octanol–water partition coefficient (Wildman–Crippen LogP) is 2.07. The van der Waals surface area contributed by atoms with Crippen LogP contribution in [0.5, 0.6) is 0 Å². The van der Waals surface area contributed by atoms with Gasteiger partial charge in [-0.2, -0.15) is 0 Å². The van der Waals surface area contributed by atoms with E-state index in [0.29, 0.717) is 6.42 Å². The van der Waals surface area contributed by atoms with E-state index in [1.807, 2.05) is 0 Å². The number of amides is 2. The minimum absolute atomic E-state index is 0.00251. The predicted molar refractivity (Wildman–Crippen MR) is 98.9 cm³/mol. The number of carboxylic acid groups (broad SMARTS) is 1. The summed E-state index contributed by atoms with van der Waals surface area (Å²) in [5, 5.41) is 9.90. The van der Waals surface area contributed by atoms with Crippen LogP contribution in [0.25, 0.3) is 0 Å². The lowest BCUT2D eigenvalue weighted by Gasteiger charge is -2.45. The molecule has 1 aromatic carbocycles. The van der Waals surface area contributed by atoms with Gasteiger partial charge in [0.1, 0.15) is 18.1 Å². The molecule has 1 N–H and O–H groups in total. The molecule has 1 aromatic rings. The number of nitrogens with zero attached hydrogens (tertiary/aromatic N) is 2. The Morgan fingerprint density at radius 3 is 2.70 bits per heavy atom. The lowest BCUT2D eigenvalue weighted by atomic mass is 9.97. The van der Waals surface area contributed by atoms with Gasteiger partial charge < -0.3 is 14.9 Å². The van der Waals surface area contributed by atoms with Crippen LogP contribution in [0.4, 0.5) is 0 Å². The highest BCUT2D eigenvalue weighted by atomic mass is 16.4. The second-order valence-electron chi connectivity index (χ2n) is 7.67. The van der Waals surface area contributed by atoms with Gasteiger partial charge in [-0.15, -0.1) is 0 Å². The summed E-state index contributed by atoms with van der Waals surface area (Å²) in [6.45, 7) is 1.54. The standard InChI is InChI=1S/C21H26N2O4/c1-13-19(24)23-16-9-5-8-15(16)12-18(23)20(25)22(13)17(21(26)27)11-10-14-6-3-2-4-7-14/h2-4,6-7,13,15-18H,5,8-12H2,1H3,(H,26,27)/t13-,15+,16+,17-,18+/m1/s1/i2D,3D,4D,6D,7D. The lowest BCUT2D eigenvalue weighted by molar-refractivity contribution is -0.168. The van der Waals surface area contributed by atoms with E-state index < -0.39 is 42.2 Å². The number of carbonyl (C=O) groups is 3. The first-order valence-electron chi connectivity index (χ1n) is 12.0. The topological polar surface area (TPSA) is 77.9 Å². The summed E-state index contributed by atoms with van der Waals surface area (Å²) in [6, 6.07) is -5.12. The molecule has 2 heterocycles. The molecule has 3 fully saturated rings. The smallest absolute Gasteiger partial charge is 0.326 e. The van der Waals surface area contributed by atoms with E-state index in [2.05, 4.69) is 0 Å². The van der Waals surface area contributed by atoms with Crippen LogP contribution in [0, 0.1) is 5.92 Å². The third-order valence-corrected chi connectivity index (χ3v) is 6.25. The second kappa shape index (κ2) is 6.98. The quantitative estimate of drug-likeness (QED) is 0.855. The molecule has 0 spiro atoms. The Kier molecular flexibility index (Phi) is 3.34. The molecule has 6 heteroatoms. The Labute approximate surface area is 166 Å². The van der Waals surface area contributed by atoms with Crippen LogP contribution in [-0.2, 0) is 20.8 Å². The molecule has 5 atom stereocenters. The van der Waals surface area contributed by atoms with E-state index >= 15 is 0 Å². The number of carboxylic acids is 1. The van der Waals surface area contributed by atoms with Crippen molar-refractivity contribution >= 4 is 17.8 Å². The van der Waals surface area contributed by atoms with Crippen molar-refractivity contribution in [3.05, 3.63) is 35.8 Å². The Balaban J connectivity index is 1.61. The van der Waals surface area contributed by atoms with E-state index in [1.54, 1.807) is 11.8 Å². The lowest BCUT2D eigenvalue weighted by Crippen LogP contribution is -2.66. The average molecular weight is 375 g/mol. The monoisotopic (exact) mass is 375 g/mol. The average Bonchev–Trinajstić information content (AvgIpc) is 3.34. The first-order chi connectivity index (χ1) is 15.1. The van der Waals surface area contributed by atoms with Crippen molar-refractivity contribution in [1.82, 2.24) is 9.80 Å². The van der Waals surface area contributed by atoms with E-state index in [4.69, 9.17) is 6.85 Å². The molecule has 2 saturated heterocycles. The highest BCUT2D eigenvalue weighted by molar-refractivity contribution is 5.99. The molecule has 0 bridgehead atoms.